The molecule has 0 saturated carbocycles. The number of aromatic nitrogens is 2. The van der Waals surface area contributed by atoms with Crippen LogP contribution in [0.3, 0.4) is 0 Å². The van der Waals surface area contributed by atoms with Crippen molar-refractivity contribution in [3.05, 3.63) is 21.5 Å². The van der Waals surface area contributed by atoms with Gasteiger partial charge in [0.2, 0.25) is 11.7 Å². The van der Waals surface area contributed by atoms with E-state index in [1.807, 2.05) is 13.8 Å². The van der Waals surface area contributed by atoms with Crippen LogP contribution in [-0.4, -0.2) is 24.4 Å². The normalized spacial score (nSPS) is 10.7. The summed E-state index contributed by atoms with van der Waals surface area (Å²) in [6, 6.07) is 0. The van der Waals surface area contributed by atoms with E-state index in [0.29, 0.717) is 23.2 Å². The van der Waals surface area contributed by atoms with Crippen molar-refractivity contribution >= 4 is 15.9 Å². The number of nitrogens with zero attached hydrogens (tertiary/aromatic N) is 2. The van der Waals surface area contributed by atoms with Crippen molar-refractivity contribution in [1.82, 2.24) is 10.1 Å². The first-order valence-electron chi connectivity index (χ1n) is 5.98. The minimum Gasteiger partial charge on any atom is -0.493 e. The van der Waals surface area contributed by atoms with Gasteiger partial charge in [-0.15, -0.1) is 0 Å². The second kappa shape index (κ2) is 5.80. The van der Waals surface area contributed by atoms with Crippen molar-refractivity contribution in [2.75, 3.05) is 14.2 Å². The van der Waals surface area contributed by atoms with Crippen molar-refractivity contribution in [3.63, 3.8) is 0 Å². The summed E-state index contributed by atoms with van der Waals surface area (Å²) in [4.78, 5) is 4.26. The second-order valence-electron chi connectivity index (χ2n) is 4.22. The summed E-state index contributed by atoms with van der Waals surface area (Å²) in [6.45, 7) is 4.09. The largest absolute Gasteiger partial charge is 0.493 e. The van der Waals surface area contributed by atoms with Gasteiger partial charge in [-0.2, -0.15) is 4.98 Å². The summed E-state index contributed by atoms with van der Waals surface area (Å²) in [5, 5.41) is 3.95. The van der Waals surface area contributed by atoms with Gasteiger partial charge in [0.1, 0.15) is 0 Å². The van der Waals surface area contributed by atoms with Gasteiger partial charge in [0.05, 0.1) is 26.3 Å². The van der Waals surface area contributed by atoms with E-state index in [4.69, 9.17) is 19.7 Å². The summed E-state index contributed by atoms with van der Waals surface area (Å²) >= 11 is 3.56. The molecule has 0 aliphatic carbocycles. The predicted molar refractivity (Wildman–Crippen MR) is 77.9 cm³/mol. The Bertz CT molecular complexity index is 640. The molecular formula is C13H16BrN3O3. The van der Waals surface area contributed by atoms with E-state index in [0.717, 1.165) is 21.2 Å². The Balaban J connectivity index is 2.76. The fraction of sp³-hybridized carbons (Fsp3) is 0.385. The van der Waals surface area contributed by atoms with Gasteiger partial charge in [-0.05, 0) is 19.4 Å². The average molecular weight is 342 g/mol. The first-order valence-corrected chi connectivity index (χ1v) is 6.78. The SMILES string of the molecule is COc1c(C)c(Br)c(C)c(-c2noc(CN)n2)c1OC. The van der Waals surface area contributed by atoms with Crippen LogP contribution >= 0.6 is 15.9 Å². The molecule has 20 heavy (non-hydrogen) atoms. The molecule has 1 heterocycles. The lowest BCUT2D eigenvalue weighted by atomic mass is 10.0. The van der Waals surface area contributed by atoms with Crippen LogP contribution in [0.4, 0.5) is 0 Å². The molecule has 0 unspecified atom stereocenters. The van der Waals surface area contributed by atoms with Crippen LogP contribution in [0, 0.1) is 13.8 Å². The second-order valence-corrected chi connectivity index (χ2v) is 5.01. The maximum absolute atomic E-state index is 5.50. The zero-order valence-corrected chi connectivity index (χ0v) is 13.4. The highest BCUT2D eigenvalue weighted by Crippen LogP contribution is 2.45. The van der Waals surface area contributed by atoms with Gasteiger partial charge >= 0.3 is 0 Å². The summed E-state index contributed by atoms with van der Waals surface area (Å²) < 4.78 is 16.9. The number of benzene rings is 1. The lowest BCUT2D eigenvalue weighted by Gasteiger charge is -2.17. The highest BCUT2D eigenvalue weighted by atomic mass is 79.9. The minimum atomic E-state index is 0.193. The summed E-state index contributed by atoms with van der Waals surface area (Å²) in [7, 11) is 3.18. The van der Waals surface area contributed by atoms with Gasteiger partial charge < -0.3 is 19.7 Å². The monoisotopic (exact) mass is 341 g/mol. The molecule has 0 spiro atoms. The number of halogens is 1. The third-order valence-electron chi connectivity index (χ3n) is 3.08. The van der Waals surface area contributed by atoms with Gasteiger partial charge in [-0.25, -0.2) is 0 Å². The zero-order chi connectivity index (χ0) is 14.9. The third kappa shape index (κ3) is 2.27. The van der Waals surface area contributed by atoms with Gasteiger partial charge in [-0.3, -0.25) is 0 Å². The first kappa shape index (κ1) is 14.8. The third-order valence-corrected chi connectivity index (χ3v) is 4.27. The molecule has 7 heteroatoms. The van der Waals surface area contributed by atoms with Crippen LogP contribution in [0.15, 0.2) is 9.00 Å². The Morgan fingerprint density at radius 1 is 1.15 bits per heavy atom. The summed E-state index contributed by atoms with van der Waals surface area (Å²) in [6.07, 6.45) is 0. The van der Waals surface area contributed by atoms with E-state index >= 15 is 0 Å². The number of methoxy groups -OCH3 is 2. The number of nitrogens with two attached hydrogens (primary N) is 1. The highest BCUT2D eigenvalue weighted by molar-refractivity contribution is 9.10. The molecule has 0 aliphatic heterocycles. The lowest BCUT2D eigenvalue weighted by Crippen LogP contribution is -2.01. The Kier molecular flexibility index (Phi) is 4.29. The summed E-state index contributed by atoms with van der Waals surface area (Å²) in [5.74, 6) is 2.02. The van der Waals surface area contributed by atoms with Crippen LogP contribution in [0.2, 0.25) is 0 Å². The number of ether oxygens (including phenoxy) is 2. The minimum absolute atomic E-state index is 0.193. The van der Waals surface area contributed by atoms with E-state index < -0.39 is 0 Å². The van der Waals surface area contributed by atoms with E-state index in [-0.39, 0.29) is 6.54 Å². The van der Waals surface area contributed by atoms with Crippen LogP contribution in [0.1, 0.15) is 17.0 Å². The van der Waals surface area contributed by atoms with Gasteiger partial charge in [0.15, 0.2) is 11.5 Å². The molecule has 2 aromatic rings. The number of hydrogen-bond acceptors (Lipinski definition) is 6. The number of rotatable bonds is 4. The van der Waals surface area contributed by atoms with E-state index in [1.165, 1.54) is 0 Å². The molecule has 6 nitrogen and oxygen atoms in total. The Morgan fingerprint density at radius 2 is 1.80 bits per heavy atom. The molecule has 108 valence electrons. The fourth-order valence-corrected chi connectivity index (χ4v) is 2.47. The van der Waals surface area contributed by atoms with Crippen molar-refractivity contribution in [1.29, 1.82) is 0 Å². The van der Waals surface area contributed by atoms with E-state index in [1.54, 1.807) is 14.2 Å². The van der Waals surface area contributed by atoms with Crippen molar-refractivity contribution < 1.29 is 14.0 Å². The smallest absolute Gasteiger partial charge is 0.240 e. The maximum Gasteiger partial charge on any atom is 0.240 e. The van der Waals surface area contributed by atoms with E-state index in [9.17, 15) is 0 Å². The van der Waals surface area contributed by atoms with Crippen molar-refractivity contribution in [2.45, 2.75) is 20.4 Å². The molecule has 0 radical (unpaired) electrons. The topological polar surface area (TPSA) is 83.4 Å². The Labute approximate surface area is 125 Å². The lowest BCUT2D eigenvalue weighted by molar-refractivity contribution is 0.352. The quantitative estimate of drug-likeness (QED) is 0.920. The molecule has 0 aliphatic rings. The van der Waals surface area contributed by atoms with Gasteiger partial charge in [0.25, 0.3) is 0 Å². The van der Waals surface area contributed by atoms with Crippen LogP contribution in [0.5, 0.6) is 11.5 Å². The van der Waals surface area contributed by atoms with Crippen molar-refractivity contribution in [3.8, 4) is 22.9 Å². The molecule has 1 aromatic heterocycles. The van der Waals surface area contributed by atoms with Gasteiger partial charge in [0, 0.05) is 10.0 Å². The maximum atomic E-state index is 5.50. The van der Waals surface area contributed by atoms with Crippen LogP contribution in [0.25, 0.3) is 11.4 Å². The molecule has 0 saturated heterocycles. The fourth-order valence-electron chi connectivity index (χ4n) is 2.09. The van der Waals surface area contributed by atoms with Crippen molar-refractivity contribution in [2.24, 2.45) is 5.73 Å². The molecule has 0 amide bonds. The van der Waals surface area contributed by atoms with Crippen LogP contribution in [-0.2, 0) is 6.54 Å². The van der Waals surface area contributed by atoms with Crippen LogP contribution < -0.4 is 15.2 Å². The van der Waals surface area contributed by atoms with E-state index in [2.05, 4.69) is 26.1 Å². The number of hydrogen-bond donors (Lipinski definition) is 1. The Hall–Kier alpha value is -1.60. The predicted octanol–water partition coefficient (Wildman–Crippen LogP) is 2.59. The molecule has 0 fully saturated rings. The molecule has 2 rings (SSSR count). The molecule has 0 bridgehead atoms. The molecule has 0 atom stereocenters. The average Bonchev–Trinajstić information content (AvgIpc) is 2.92. The highest BCUT2D eigenvalue weighted by Gasteiger charge is 2.24. The molecule has 2 N–H and O–H groups in total. The standard InChI is InChI=1S/C13H16BrN3O3/c1-6-9(13-16-8(5-15)20-17-13)12(19-4)11(18-3)7(2)10(6)14/h5,15H2,1-4H3. The molecule has 1 aromatic carbocycles. The first-order chi connectivity index (χ1) is 9.54. The van der Waals surface area contributed by atoms with Gasteiger partial charge in [-0.1, -0.05) is 21.1 Å². The Morgan fingerprint density at radius 3 is 2.30 bits per heavy atom. The zero-order valence-electron chi connectivity index (χ0n) is 11.8. The summed E-state index contributed by atoms with van der Waals surface area (Å²) in [5.41, 5.74) is 8.13. The molecular weight excluding hydrogens is 326 g/mol.